The first kappa shape index (κ1) is 16.4. The van der Waals surface area contributed by atoms with Crippen LogP contribution >= 0.6 is 0 Å². The lowest BCUT2D eigenvalue weighted by Crippen LogP contribution is -3.11. The lowest BCUT2D eigenvalue weighted by atomic mass is 10.5. The summed E-state index contributed by atoms with van der Waals surface area (Å²) in [6.45, 7) is 21.0. The van der Waals surface area contributed by atoms with Crippen LogP contribution < -0.4 is 9.80 Å². The Bertz CT molecular complexity index is 63.3. The molecule has 0 aromatic carbocycles. The third-order valence-corrected chi connectivity index (χ3v) is 3.00. The quantitative estimate of drug-likeness (QED) is 0.596. The van der Waals surface area contributed by atoms with Gasteiger partial charge in [-0.05, 0) is 41.5 Å². The van der Waals surface area contributed by atoms with Gasteiger partial charge in [-0.15, -0.1) is 0 Å². The molecule has 0 bridgehead atoms. The molecule has 2 N–H and O–H groups in total. The van der Waals surface area contributed by atoms with Crippen molar-refractivity contribution in [1.82, 2.24) is 0 Å². The second-order valence-corrected chi connectivity index (χ2v) is 3.62. The van der Waals surface area contributed by atoms with Crippen molar-refractivity contribution in [3.63, 3.8) is 0 Å². The molecule has 0 unspecified atom stereocenters. The van der Waals surface area contributed by atoms with Gasteiger partial charge < -0.3 is 9.80 Å². The minimum absolute atomic E-state index is 1.27. The second kappa shape index (κ2) is 12.9. The van der Waals surface area contributed by atoms with Crippen LogP contribution in [0.3, 0.4) is 0 Å². The molecule has 0 heterocycles. The summed E-state index contributed by atoms with van der Waals surface area (Å²) >= 11 is 0. The van der Waals surface area contributed by atoms with Gasteiger partial charge in [-0.25, -0.2) is 0 Å². The largest absolute Gasteiger partial charge is 0.336 e. The van der Waals surface area contributed by atoms with Crippen molar-refractivity contribution in [2.45, 2.75) is 41.5 Å². The average molecular weight is 204 g/mol. The van der Waals surface area contributed by atoms with Crippen molar-refractivity contribution in [1.29, 1.82) is 0 Å². The summed E-state index contributed by atoms with van der Waals surface area (Å²) in [6.07, 6.45) is 0. The molecule has 0 aliphatic carbocycles. The van der Waals surface area contributed by atoms with E-state index < -0.39 is 0 Å². The predicted molar refractivity (Wildman–Crippen MR) is 65.2 cm³/mol. The molecule has 0 saturated carbocycles. The minimum Gasteiger partial charge on any atom is -0.336 e. The molecule has 0 rings (SSSR count). The van der Waals surface area contributed by atoms with Crippen molar-refractivity contribution in [3.05, 3.63) is 0 Å². The molecule has 0 radical (unpaired) electrons. The maximum absolute atomic E-state index is 2.22. The Hall–Kier alpha value is -0.0800. The van der Waals surface area contributed by atoms with Crippen LogP contribution in [-0.4, -0.2) is 39.3 Å². The van der Waals surface area contributed by atoms with Crippen LogP contribution in [0.2, 0.25) is 0 Å². The van der Waals surface area contributed by atoms with Crippen LogP contribution in [0.1, 0.15) is 41.5 Å². The van der Waals surface area contributed by atoms with E-state index in [1.165, 1.54) is 39.3 Å². The lowest BCUT2D eigenvalue weighted by molar-refractivity contribution is -0.894. The highest BCUT2D eigenvalue weighted by Gasteiger charge is 1.93. The van der Waals surface area contributed by atoms with E-state index in [2.05, 4.69) is 41.5 Å². The lowest BCUT2D eigenvalue weighted by Gasteiger charge is -2.10. The molecule has 2 nitrogen and oxygen atoms in total. The Morgan fingerprint density at radius 2 is 0.571 bits per heavy atom. The summed E-state index contributed by atoms with van der Waals surface area (Å²) < 4.78 is 0. The Balaban J connectivity index is 0. The van der Waals surface area contributed by atoms with Gasteiger partial charge in [0, 0.05) is 0 Å². The summed E-state index contributed by atoms with van der Waals surface area (Å²) in [7, 11) is 0. The first-order chi connectivity index (χ1) is 6.69. The van der Waals surface area contributed by atoms with Crippen molar-refractivity contribution in [2.75, 3.05) is 39.3 Å². The Morgan fingerprint density at radius 1 is 0.429 bits per heavy atom. The van der Waals surface area contributed by atoms with Crippen molar-refractivity contribution < 1.29 is 9.80 Å². The average Bonchev–Trinajstić information content (AvgIpc) is 2.24. The van der Waals surface area contributed by atoms with Gasteiger partial charge in [0.2, 0.25) is 0 Å². The van der Waals surface area contributed by atoms with Crippen molar-refractivity contribution >= 4 is 0 Å². The molecule has 0 saturated heterocycles. The monoisotopic (exact) mass is 204 g/mol. The molecule has 0 amide bonds. The van der Waals surface area contributed by atoms with E-state index in [-0.39, 0.29) is 0 Å². The third-order valence-electron chi connectivity index (χ3n) is 3.00. The molecule has 0 atom stereocenters. The summed E-state index contributed by atoms with van der Waals surface area (Å²) in [6, 6.07) is 0. The second-order valence-electron chi connectivity index (χ2n) is 3.62. The van der Waals surface area contributed by atoms with Crippen molar-refractivity contribution in [2.24, 2.45) is 0 Å². The highest BCUT2D eigenvalue weighted by molar-refractivity contribution is 4.12. The maximum atomic E-state index is 2.22. The van der Waals surface area contributed by atoms with E-state index in [1.54, 1.807) is 9.80 Å². The van der Waals surface area contributed by atoms with Crippen molar-refractivity contribution in [3.8, 4) is 0 Å². The first-order valence-corrected chi connectivity index (χ1v) is 6.36. The molecule has 14 heavy (non-hydrogen) atoms. The van der Waals surface area contributed by atoms with Gasteiger partial charge in [0.05, 0.1) is 39.3 Å². The van der Waals surface area contributed by atoms with E-state index in [1.807, 2.05) is 0 Å². The number of quaternary nitrogens is 2. The van der Waals surface area contributed by atoms with E-state index in [9.17, 15) is 0 Å². The minimum atomic E-state index is 1.27. The molecule has 2 heteroatoms. The van der Waals surface area contributed by atoms with E-state index in [4.69, 9.17) is 0 Å². The molecule has 0 aromatic heterocycles. The fourth-order valence-electron chi connectivity index (χ4n) is 1.50. The highest BCUT2D eigenvalue weighted by atomic mass is 15.1. The van der Waals surface area contributed by atoms with Crippen LogP contribution in [0.5, 0.6) is 0 Å². The summed E-state index contributed by atoms with van der Waals surface area (Å²) in [4.78, 5) is 3.36. The van der Waals surface area contributed by atoms with Gasteiger partial charge in [-0.2, -0.15) is 0 Å². The Labute approximate surface area is 91.3 Å². The SMILES string of the molecule is CC[NH+](CC)CC.CC[NH+](CC)CC. The zero-order valence-electron chi connectivity index (χ0n) is 11.2. The molecule has 0 aliphatic rings. The van der Waals surface area contributed by atoms with E-state index >= 15 is 0 Å². The third kappa shape index (κ3) is 10.0. The van der Waals surface area contributed by atoms with Crippen LogP contribution in [0, 0.1) is 0 Å². The van der Waals surface area contributed by atoms with E-state index in [0.717, 1.165) is 0 Å². The molecule has 0 aliphatic heterocycles. The van der Waals surface area contributed by atoms with Gasteiger partial charge in [0.1, 0.15) is 0 Å². The van der Waals surface area contributed by atoms with Gasteiger partial charge in [-0.1, -0.05) is 0 Å². The molecular weight excluding hydrogens is 172 g/mol. The van der Waals surface area contributed by atoms with E-state index in [0.29, 0.717) is 0 Å². The topological polar surface area (TPSA) is 8.88 Å². The molecule has 0 spiro atoms. The molecule has 88 valence electrons. The molecule has 0 aromatic rings. The van der Waals surface area contributed by atoms with Crippen LogP contribution in [0.25, 0.3) is 0 Å². The summed E-state index contributed by atoms with van der Waals surface area (Å²) in [5, 5.41) is 0. The number of nitrogens with one attached hydrogen (secondary N) is 2. The van der Waals surface area contributed by atoms with Gasteiger partial charge in [0.25, 0.3) is 0 Å². The zero-order valence-corrected chi connectivity index (χ0v) is 11.2. The van der Waals surface area contributed by atoms with Gasteiger partial charge in [-0.3, -0.25) is 0 Å². The zero-order chi connectivity index (χ0) is 11.4. The van der Waals surface area contributed by atoms with Crippen LogP contribution in [0.15, 0.2) is 0 Å². The van der Waals surface area contributed by atoms with Crippen LogP contribution in [-0.2, 0) is 0 Å². The fourth-order valence-corrected chi connectivity index (χ4v) is 1.50. The predicted octanol–water partition coefficient (Wildman–Crippen LogP) is -0.138. The Morgan fingerprint density at radius 3 is 0.571 bits per heavy atom. The summed E-state index contributed by atoms with van der Waals surface area (Å²) in [5.41, 5.74) is 0. The smallest absolute Gasteiger partial charge is 0.0742 e. The number of hydrogen-bond donors (Lipinski definition) is 2. The maximum Gasteiger partial charge on any atom is 0.0742 e. The van der Waals surface area contributed by atoms with Gasteiger partial charge in [0.15, 0.2) is 0 Å². The number of hydrogen-bond acceptors (Lipinski definition) is 0. The molecular formula is C12H32N2+2. The number of rotatable bonds is 6. The summed E-state index contributed by atoms with van der Waals surface area (Å²) in [5.74, 6) is 0. The fraction of sp³-hybridized carbons (Fsp3) is 1.00. The normalized spacial score (nSPS) is 10.3. The van der Waals surface area contributed by atoms with Gasteiger partial charge >= 0.3 is 0 Å². The standard InChI is InChI=1S/2C6H15N/c2*1-4-7(5-2)6-3/h2*4-6H2,1-3H3/p+2. The highest BCUT2D eigenvalue weighted by Crippen LogP contribution is 1.46. The first-order valence-electron chi connectivity index (χ1n) is 6.36. The van der Waals surface area contributed by atoms with Crippen LogP contribution in [0.4, 0.5) is 0 Å². The Kier molecular flexibility index (Phi) is 15.1. The molecule has 0 fully saturated rings.